The van der Waals surface area contributed by atoms with E-state index in [2.05, 4.69) is 0 Å². The summed E-state index contributed by atoms with van der Waals surface area (Å²) in [5.74, 6) is 0.246. The van der Waals surface area contributed by atoms with Crippen molar-refractivity contribution in [2.45, 2.75) is 0 Å². The van der Waals surface area contributed by atoms with Gasteiger partial charge in [-0.25, -0.2) is 0 Å². The maximum atomic E-state index is 8.29. The van der Waals surface area contributed by atoms with Crippen LogP contribution in [0, 0.1) is 0 Å². The number of fused-ring (bicyclic) bond motifs is 1. The number of rotatable bonds is 2. The average Bonchev–Trinajstić information content (AvgIpc) is 3.04. The minimum atomic E-state index is -0.432. The lowest BCUT2D eigenvalue weighted by Crippen LogP contribution is -1.80. The van der Waals surface area contributed by atoms with Gasteiger partial charge in [-0.1, -0.05) is 72.1 Å². The van der Waals surface area contributed by atoms with E-state index in [4.69, 9.17) is 22.9 Å². The Kier molecular flexibility index (Phi) is 2.15. The van der Waals surface area contributed by atoms with Crippen molar-refractivity contribution < 1.29 is 11.3 Å². The second-order valence-electron chi connectivity index (χ2n) is 4.81. The van der Waals surface area contributed by atoms with Gasteiger partial charge in [-0.3, -0.25) is 0 Å². The van der Waals surface area contributed by atoms with Crippen LogP contribution in [0.1, 0.15) is 6.85 Å². The Hall–Kier alpha value is -2.51. The van der Waals surface area contributed by atoms with Gasteiger partial charge in [0.2, 0.25) is 0 Å². The number of para-hydroxylation sites is 1. The van der Waals surface area contributed by atoms with Crippen LogP contribution >= 0.6 is 11.6 Å². The van der Waals surface area contributed by atoms with Crippen LogP contribution in [-0.2, 0) is 0 Å². The van der Waals surface area contributed by atoms with Crippen LogP contribution in [0.2, 0.25) is 5.02 Å². The van der Waals surface area contributed by atoms with E-state index < -0.39 is 18.1 Å². The lowest BCUT2D eigenvalue weighted by atomic mass is 9.99. The first-order chi connectivity index (χ1) is 12.9. The van der Waals surface area contributed by atoms with Crippen molar-refractivity contribution in [3.05, 3.63) is 83.8 Å². The molecule has 0 spiro atoms. The van der Waals surface area contributed by atoms with E-state index in [9.17, 15) is 0 Å². The van der Waals surface area contributed by atoms with Crippen LogP contribution in [0.5, 0.6) is 0 Å². The van der Waals surface area contributed by atoms with Crippen LogP contribution in [0.4, 0.5) is 0 Å². The lowest BCUT2D eigenvalue weighted by Gasteiger charge is -2.04. The van der Waals surface area contributed by atoms with Gasteiger partial charge in [0.05, 0.1) is 6.85 Å². The van der Waals surface area contributed by atoms with Gasteiger partial charge in [0.15, 0.2) is 0 Å². The third-order valence-corrected chi connectivity index (χ3v) is 3.71. The van der Waals surface area contributed by atoms with Crippen LogP contribution in [-0.4, -0.2) is 0 Å². The fourth-order valence-electron chi connectivity index (χ4n) is 2.49. The van der Waals surface area contributed by atoms with Crippen LogP contribution in [0.15, 0.2) is 83.2 Å². The molecule has 22 heavy (non-hydrogen) atoms. The van der Waals surface area contributed by atoms with E-state index in [-0.39, 0.29) is 23.4 Å². The minimum Gasteiger partial charge on any atom is -0.455 e. The zero-order valence-electron chi connectivity index (χ0n) is 16.4. The van der Waals surface area contributed by atoms with Crippen LogP contribution < -0.4 is 0 Å². The van der Waals surface area contributed by atoms with E-state index in [1.165, 1.54) is 0 Å². The van der Waals surface area contributed by atoms with E-state index in [0.717, 1.165) is 10.9 Å². The van der Waals surface area contributed by atoms with Gasteiger partial charge in [0.25, 0.3) is 0 Å². The number of hydrogen-bond acceptors (Lipinski definition) is 1. The molecule has 4 aromatic rings. The molecule has 4 rings (SSSR count). The first-order valence-electron chi connectivity index (χ1n) is 9.25. The predicted octanol–water partition coefficient (Wildman–Crippen LogP) is 6.42. The Balaban J connectivity index is 2.13. The van der Waals surface area contributed by atoms with Crippen LogP contribution in [0.25, 0.3) is 33.4 Å². The first kappa shape index (κ1) is 8.82. The molecule has 1 aromatic heterocycles. The van der Waals surface area contributed by atoms with Gasteiger partial charge >= 0.3 is 0 Å². The molecule has 0 saturated heterocycles. The molecular formula is C20H13ClO. The van der Waals surface area contributed by atoms with Crippen molar-refractivity contribution in [2.75, 3.05) is 0 Å². The fraction of sp³-hybridized carbons (Fsp3) is 0. The smallest absolute Gasteiger partial charge is 0.143 e. The number of furan rings is 1. The number of benzene rings is 3. The third-order valence-electron chi connectivity index (χ3n) is 3.46. The molecule has 0 atom stereocenters. The predicted molar refractivity (Wildman–Crippen MR) is 92.1 cm³/mol. The second kappa shape index (κ2) is 5.36. The maximum absolute atomic E-state index is 8.29. The highest BCUT2D eigenvalue weighted by molar-refractivity contribution is 6.30. The molecule has 0 unspecified atom stereocenters. The fourth-order valence-corrected chi connectivity index (χ4v) is 2.61. The van der Waals surface area contributed by atoms with Crippen molar-refractivity contribution >= 4 is 22.6 Å². The Morgan fingerprint density at radius 3 is 2.32 bits per heavy atom. The Bertz CT molecular complexity index is 1150. The topological polar surface area (TPSA) is 13.1 Å². The third kappa shape index (κ3) is 2.20. The zero-order valence-corrected chi connectivity index (χ0v) is 12.2. The second-order valence-corrected chi connectivity index (χ2v) is 5.25. The summed E-state index contributed by atoms with van der Waals surface area (Å²) in [6.45, 7) is 0. The zero-order chi connectivity index (χ0) is 19.3. The van der Waals surface area contributed by atoms with E-state index in [1.807, 2.05) is 30.3 Å². The van der Waals surface area contributed by atoms with Crippen molar-refractivity contribution in [3.63, 3.8) is 0 Å². The van der Waals surface area contributed by atoms with Crippen molar-refractivity contribution in [2.24, 2.45) is 0 Å². The quantitative estimate of drug-likeness (QED) is 0.416. The van der Waals surface area contributed by atoms with Crippen molar-refractivity contribution in [3.8, 4) is 22.5 Å². The van der Waals surface area contributed by atoms with Gasteiger partial charge in [-0.05, 0) is 23.8 Å². The van der Waals surface area contributed by atoms with Crippen LogP contribution in [0.3, 0.4) is 0 Å². The highest BCUT2D eigenvalue weighted by Crippen LogP contribution is 2.40. The highest BCUT2D eigenvalue weighted by Gasteiger charge is 2.16. The minimum absolute atomic E-state index is 0.0437. The molecule has 0 aliphatic carbocycles. The van der Waals surface area contributed by atoms with E-state index in [1.54, 1.807) is 18.2 Å². The molecular weight excluding hydrogens is 292 g/mol. The SMILES string of the molecule is [2H]c1c([2H])c([2H])c(-c2oc3ccccc3c2-c2ccc(Cl)cc2)c([2H])c1[2H]. The molecule has 106 valence electrons. The number of hydrogen-bond donors (Lipinski definition) is 0. The van der Waals surface area contributed by atoms with Crippen molar-refractivity contribution in [1.82, 2.24) is 0 Å². The molecule has 0 saturated carbocycles. The molecule has 1 heterocycles. The molecule has 0 N–H and O–H groups in total. The summed E-state index contributed by atoms with van der Waals surface area (Å²) < 4.78 is 46.3. The monoisotopic (exact) mass is 309 g/mol. The van der Waals surface area contributed by atoms with Gasteiger partial charge in [0.1, 0.15) is 11.3 Å². The molecule has 0 bridgehead atoms. The molecule has 0 aliphatic heterocycles. The summed E-state index contributed by atoms with van der Waals surface area (Å²) in [4.78, 5) is 0. The average molecular weight is 310 g/mol. The lowest BCUT2D eigenvalue weighted by molar-refractivity contribution is 0.632. The summed E-state index contributed by atoms with van der Waals surface area (Å²) in [6.07, 6.45) is 0. The molecule has 0 radical (unpaired) electrons. The van der Waals surface area contributed by atoms with E-state index in [0.29, 0.717) is 16.2 Å². The highest BCUT2D eigenvalue weighted by atomic mass is 35.5. The van der Waals surface area contributed by atoms with E-state index >= 15 is 0 Å². The maximum Gasteiger partial charge on any atom is 0.143 e. The Morgan fingerprint density at radius 1 is 0.818 bits per heavy atom. The molecule has 0 aliphatic rings. The normalized spacial score (nSPS) is 14.1. The summed E-state index contributed by atoms with van der Waals surface area (Å²) in [6, 6.07) is 12.7. The molecule has 2 heteroatoms. The van der Waals surface area contributed by atoms with Gasteiger partial charge in [-0.2, -0.15) is 0 Å². The van der Waals surface area contributed by atoms with Gasteiger partial charge < -0.3 is 4.42 Å². The molecule has 3 aromatic carbocycles. The molecule has 0 amide bonds. The van der Waals surface area contributed by atoms with Crippen molar-refractivity contribution in [1.29, 1.82) is 0 Å². The molecule has 0 fully saturated rings. The summed E-state index contributed by atoms with van der Waals surface area (Å²) in [7, 11) is 0. The van der Waals surface area contributed by atoms with Gasteiger partial charge in [0, 0.05) is 21.5 Å². The Morgan fingerprint density at radius 2 is 1.55 bits per heavy atom. The standard InChI is InChI=1S/C20H13ClO/c21-16-12-10-14(11-13-16)19-17-8-4-5-9-18(17)22-20(19)15-6-2-1-3-7-15/h1-13H/i1D,2D,3D,6D,7D. The van der Waals surface area contributed by atoms with Gasteiger partial charge in [-0.15, -0.1) is 0 Å². The summed E-state index contributed by atoms with van der Waals surface area (Å²) in [5, 5.41) is 1.37. The summed E-state index contributed by atoms with van der Waals surface area (Å²) in [5.41, 5.74) is 2.07. The first-order valence-corrected chi connectivity index (χ1v) is 7.12. The number of halogens is 1. The largest absolute Gasteiger partial charge is 0.455 e. The summed E-state index contributed by atoms with van der Waals surface area (Å²) >= 11 is 6.00. The Labute approximate surface area is 140 Å². The molecule has 1 nitrogen and oxygen atoms in total.